The van der Waals surface area contributed by atoms with Crippen LogP contribution in [0.15, 0.2) is 77.2 Å². The maximum Gasteiger partial charge on any atom is 0.228 e. The minimum atomic E-state index is -0.171. The fraction of sp³-hybridized carbons (Fsp3) is 0.0909. The topological polar surface area (TPSA) is 52.3 Å². The normalized spacial score (nSPS) is 10.8. The lowest BCUT2D eigenvalue weighted by Crippen LogP contribution is -2.00. The van der Waals surface area contributed by atoms with Gasteiger partial charge in [0, 0.05) is 17.3 Å². The van der Waals surface area contributed by atoms with Gasteiger partial charge in [-0.1, -0.05) is 30.3 Å². The van der Waals surface area contributed by atoms with E-state index < -0.39 is 0 Å². The zero-order chi connectivity index (χ0) is 17.9. The summed E-state index contributed by atoms with van der Waals surface area (Å²) in [5.41, 5.74) is 3.83. The van der Waals surface area contributed by atoms with Crippen molar-refractivity contribution in [1.82, 2.24) is 4.98 Å². The van der Waals surface area contributed by atoms with Crippen molar-refractivity contribution in [2.24, 2.45) is 0 Å². The minimum Gasteiger partial charge on any atom is -0.489 e. The number of fused-ring (bicyclic) bond motifs is 1. The number of benzene rings is 2. The van der Waals surface area contributed by atoms with Crippen LogP contribution in [0.1, 0.15) is 27.4 Å². The summed E-state index contributed by atoms with van der Waals surface area (Å²) in [6, 6.07) is 22.4. The average molecular weight is 343 g/mol. The van der Waals surface area contributed by atoms with Gasteiger partial charge in [0.15, 0.2) is 11.3 Å². The summed E-state index contributed by atoms with van der Waals surface area (Å²) in [5, 5.41) is 0. The molecule has 2 aromatic heterocycles. The number of aryl methyl sites for hydroxylation is 1. The van der Waals surface area contributed by atoms with E-state index in [4.69, 9.17) is 9.15 Å². The predicted molar refractivity (Wildman–Crippen MR) is 99.4 cm³/mol. The molecule has 0 N–H and O–H groups in total. The number of pyridine rings is 1. The summed E-state index contributed by atoms with van der Waals surface area (Å²) < 4.78 is 11.4. The van der Waals surface area contributed by atoms with Gasteiger partial charge in [0.2, 0.25) is 5.78 Å². The van der Waals surface area contributed by atoms with Crippen molar-refractivity contribution in [2.45, 2.75) is 13.5 Å². The second-order valence-corrected chi connectivity index (χ2v) is 6.07. The molecule has 128 valence electrons. The van der Waals surface area contributed by atoms with Crippen molar-refractivity contribution >= 4 is 16.9 Å². The lowest BCUT2D eigenvalue weighted by Gasteiger charge is -2.06. The fourth-order valence-corrected chi connectivity index (χ4v) is 2.72. The van der Waals surface area contributed by atoms with Gasteiger partial charge in [-0.15, -0.1) is 0 Å². The Labute approximate surface area is 151 Å². The molecule has 0 fully saturated rings. The molecule has 26 heavy (non-hydrogen) atoms. The second-order valence-electron chi connectivity index (χ2n) is 6.07. The highest BCUT2D eigenvalue weighted by molar-refractivity contribution is 6.08. The Morgan fingerprint density at radius 3 is 2.54 bits per heavy atom. The molecule has 0 radical (unpaired) electrons. The van der Waals surface area contributed by atoms with Crippen molar-refractivity contribution in [1.29, 1.82) is 0 Å². The standard InChI is InChI=1S/C22H17NO3/c1-15-7-12-20-19(23-15)13-21(26-20)22(24)17-8-10-18(11-9-17)25-14-16-5-3-2-4-6-16/h2-13H,14H2,1H3. The van der Waals surface area contributed by atoms with Crippen LogP contribution in [0.3, 0.4) is 0 Å². The van der Waals surface area contributed by atoms with E-state index in [0.717, 1.165) is 11.3 Å². The van der Waals surface area contributed by atoms with Gasteiger partial charge >= 0.3 is 0 Å². The first-order valence-electron chi connectivity index (χ1n) is 8.38. The smallest absolute Gasteiger partial charge is 0.228 e. The SMILES string of the molecule is Cc1ccc2oc(C(=O)c3ccc(OCc4ccccc4)cc3)cc2n1. The number of ketones is 1. The number of carbonyl (C=O) groups is 1. The molecule has 0 unspecified atom stereocenters. The Morgan fingerprint density at radius 1 is 1.00 bits per heavy atom. The van der Waals surface area contributed by atoms with E-state index in [1.54, 1.807) is 30.3 Å². The van der Waals surface area contributed by atoms with Crippen LogP contribution in [-0.2, 0) is 6.61 Å². The molecular weight excluding hydrogens is 326 g/mol. The molecular formula is C22H17NO3. The molecule has 0 amide bonds. The number of aromatic nitrogens is 1. The Balaban J connectivity index is 1.49. The number of ether oxygens (including phenoxy) is 1. The monoisotopic (exact) mass is 343 g/mol. The van der Waals surface area contributed by atoms with Crippen LogP contribution in [0.25, 0.3) is 11.1 Å². The lowest BCUT2D eigenvalue weighted by atomic mass is 10.1. The maximum atomic E-state index is 12.6. The molecule has 0 spiro atoms. The number of hydrogen-bond acceptors (Lipinski definition) is 4. The summed E-state index contributed by atoms with van der Waals surface area (Å²) >= 11 is 0. The van der Waals surface area contributed by atoms with Crippen LogP contribution in [0.4, 0.5) is 0 Å². The van der Waals surface area contributed by atoms with Crippen molar-refractivity contribution in [2.75, 3.05) is 0 Å². The molecule has 4 aromatic rings. The van der Waals surface area contributed by atoms with Gasteiger partial charge in [0.25, 0.3) is 0 Å². The summed E-state index contributed by atoms with van der Waals surface area (Å²) in [4.78, 5) is 17.0. The zero-order valence-corrected chi connectivity index (χ0v) is 14.3. The highest BCUT2D eigenvalue weighted by Crippen LogP contribution is 2.22. The third-order valence-corrected chi connectivity index (χ3v) is 4.10. The number of carbonyl (C=O) groups excluding carboxylic acids is 1. The third kappa shape index (κ3) is 3.35. The van der Waals surface area contributed by atoms with Gasteiger partial charge < -0.3 is 9.15 Å². The van der Waals surface area contributed by atoms with Crippen LogP contribution in [0.2, 0.25) is 0 Å². The molecule has 4 rings (SSSR count). The Hall–Kier alpha value is -3.40. The first-order chi connectivity index (χ1) is 12.7. The number of rotatable bonds is 5. The van der Waals surface area contributed by atoms with Crippen LogP contribution in [-0.4, -0.2) is 10.8 Å². The van der Waals surface area contributed by atoms with E-state index in [9.17, 15) is 4.79 Å². The van der Waals surface area contributed by atoms with Crippen molar-refractivity contribution in [3.05, 3.63) is 95.4 Å². The molecule has 0 aliphatic rings. The quantitative estimate of drug-likeness (QED) is 0.481. The molecule has 0 aliphatic heterocycles. The van der Waals surface area contributed by atoms with E-state index >= 15 is 0 Å². The highest BCUT2D eigenvalue weighted by atomic mass is 16.5. The van der Waals surface area contributed by atoms with Crippen molar-refractivity contribution in [3.63, 3.8) is 0 Å². The van der Waals surface area contributed by atoms with E-state index in [1.165, 1.54) is 0 Å². The van der Waals surface area contributed by atoms with Crippen LogP contribution in [0, 0.1) is 6.92 Å². The molecule has 4 heteroatoms. The van der Waals surface area contributed by atoms with Crippen LogP contribution in [0.5, 0.6) is 5.75 Å². The van der Waals surface area contributed by atoms with Crippen LogP contribution < -0.4 is 4.74 Å². The van der Waals surface area contributed by atoms with E-state index in [1.807, 2.05) is 49.4 Å². The van der Waals surface area contributed by atoms with Gasteiger partial charge in [-0.2, -0.15) is 0 Å². The minimum absolute atomic E-state index is 0.171. The predicted octanol–water partition coefficient (Wildman–Crippen LogP) is 4.95. The maximum absolute atomic E-state index is 12.6. The highest BCUT2D eigenvalue weighted by Gasteiger charge is 2.15. The van der Waals surface area contributed by atoms with Gasteiger partial charge in [0.05, 0.1) is 0 Å². The van der Waals surface area contributed by atoms with E-state index in [2.05, 4.69) is 4.98 Å². The first kappa shape index (κ1) is 16.1. The van der Waals surface area contributed by atoms with Gasteiger partial charge in [-0.05, 0) is 48.9 Å². The van der Waals surface area contributed by atoms with Crippen molar-refractivity contribution in [3.8, 4) is 5.75 Å². The number of furan rings is 1. The summed E-state index contributed by atoms with van der Waals surface area (Å²) in [6.45, 7) is 2.39. The largest absolute Gasteiger partial charge is 0.489 e. The molecule has 0 saturated carbocycles. The molecule has 0 bridgehead atoms. The van der Waals surface area contributed by atoms with E-state index in [0.29, 0.717) is 29.0 Å². The van der Waals surface area contributed by atoms with Gasteiger partial charge in [-0.3, -0.25) is 4.79 Å². The summed E-state index contributed by atoms with van der Waals surface area (Å²) in [5.74, 6) is 0.832. The van der Waals surface area contributed by atoms with Crippen LogP contribution >= 0.6 is 0 Å². The fourth-order valence-electron chi connectivity index (χ4n) is 2.72. The van der Waals surface area contributed by atoms with E-state index in [-0.39, 0.29) is 11.5 Å². The average Bonchev–Trinajstić information content (AvgIpc) is 3.10. The molecule has 0 aliphatic carbocycles. The Kier molecular flexibility index (Phi) is 4.23. The van der Waals surface area contributed by atoms with Gasteiger partial charge in [0.1, 0.15) is 17.9 Å². The molecule has 0 saturated heterocycles. The summed E-state index contributed by atoms with van der Waals surface area (Å²) in [6.07, 6.45) is 0. The Morgan fingerprint density at radius 2 is 1.77 bits per heavy atom. The molecule has 2 heterocycles. The summed E-state index contributed by atoms with van der Waals surface area (Å²) in [7, 11) is 0. The number of nitrogens with zero attached hydrogens (tertiary/aromatic N) is 1. The molecule has 0 atom stereocenters. The molecule has 2 aromatic carbocycles. The number of hydrogen-bond donors (Lipinski definition) is 0. The van der Waals surface area contributed by atoms with Gasteiger partial charge in [-0.25, -0.2) is 4.98 Å². The molecule has 4 nitrogen and oxygen atoms in total. The van der Waals surface area contributed by atoms with Crippen molar-refractivity contribution < 1.29 is 13.9 Å². The lowest BCUT2D eigenvalue weighted by molar-refractivity contribution is 0.101. The first-order valence-corrected chi connectivity index (χ1v) is 8.38. The second kappa shape index (κ2) is 6.84. The Bertz CT molecular complexity index is 1050. The third-order valence-electron chi connectivity index (χ3n) is 4.10. The zero-order valence-electron chi connectivity index (χ0n) is 14.3.